The Hall–Kier alpha value is -3.02. The molecule has 2 aromatic heterocycles. The fourth-order valence-electron chi connectivity index (χ4n) is 5.43. The first-order valence-corrected chi connectivity index (χ1v) is 19.3. The highest BCUT2D eigenvalue weighted by Crippen LogP contribution is 2.31. The van der Waals surface area contributed by atoms with E-state index in [9.17, 15) is 26.7 Å². The van der Waals surface area contributed by atoms with E-state index in [1.54, 1.807) is 30.5 Å². The second-order valence-electron chi connectivity index (χ2n) is 12.0. The smallest absolute Gasteiger partial charge is 0.267 e. The van der Waals surface area contributed by atoms with Gasteiger partial charge in [0.1, 0.15) is 15.7 Å². The number of aromatic nitrogens is 1. The molecule has 0 bridgehead atoms. The van der Waals surface area contributed by atoms with E-state index < -0.39 is 38.1 Å². The molecule has 3 heterocycles. The fraction of sp³-hybridized carbons (Fsp3) is 0.548. The summed E-state index contributed by atoms with van der Waals surface area (Å²) in [6.07, 6.45) is 1.28. The van der Waals surface area contributed by atoms with Gasteiger partial charge < -0.3 is 24.0 Å². The number of nitrogens with one attached hydrogen (secondary N) is 1. The molecular formula is C31H44N4O9S3. The van der Waals surface area contributed by atoms with Gasteiger partial charge in [-0.2, -0.15) is 4.31 Å². The Labute approximate surface area is 280 Å². The molecule has 0 saturated heterocycles. The molecule has 0 spiro atoms. The topological polar surface area (TPSA) is 169 Å². The number of rotatable bonds is 9. The number of carbonyl (C=O) groups is 1. The summed E-state index contributed by atoms with van der Waals surface area (Å²) in [5.41, 5.74) is 0.431. The zero-order valence-electron chi connectivity index (χ0n) is 27.5. The monoisotopic (exact) mass is 712 g/mol. The summed E-state index contributed by atoms with van der Waals surface area (Å²) in [6.45, 7) is 8.70. The highest BCUT2D eigenvalue weighted by atomic mass is 32.2. The summed E-state index contributed by atoms with van der Waals surface area (Å²) in [6, 6.07) is 7.10. The molecule has 1 aliphatic rings. The number of anilines is 1. The van der Waals surface area contributed by atoms with E-state index in [0.717, 1.165) is 17.8 Å². The lowest BCUT2D eigenvalue weighted by Gasteiger charge is -2.35. The number of hydrogen-bond acceptors (Lipinski definition) is 11. The lowest BCUT2D eigenvalue weighted by molar-refractivity contribution is -0.00832. The highest BCUT2D eigenvalue weighted by molar-refractivity contribution is 7.92. The van der Waals surface area contributed by atoms with Gasteiger partial charge >= 0.3 is 0 Å². The van der Waals surface area contributed by atoms with Crippen LogP contribution < -0.4 is 9.46 Å². The van der Waals surface area contributed by atoms with E-state index in [2.05, 4.69) is 9.88 Å². The number of aliphatic hydroxyl groups is 1. The summed E-state index contributed by atoms with van der Waals surface area (Å²) in [4.78, 5) is 15.7. The average molecular weight is 713 g/mol. The van der Waals surface area contributed by atoms with Crippen molar-refractivity contribution in [2.75, 3.05) is 38.1 Å². The Balaban J connectivity index is 1.69. The van der Waals surface area contributed by atoms with Gasteiger partial charge in [0, 0.05) is 38.3 Å². The molecule has 1 aromatic carbocycles. The first kappa shape index (κ1) is 36.8. The van der Waals surface area contributed by atoms with Crippen molar-refractivity contribution >= 4 is 43.0 Å². The molecule has 0 unspecified atom stereocenters. The summed E-state index contributed by atoms with van der Waals surface area (Å²) in [5, 5.41) is 15.6. The summed E-state index contributed by atoms with van der Waals surface area (Å²) < 4.78 is 74.6. The Bertz CT molecular complexity index is 1710. The van der Waals surface area contributed by atoms with Crippen LogP contribution >= 0.6 is 11.3 Å². The van der Waals surface area contributed by atoms with Crippen molar-refractivity contribution in [3.8, 4) is 5.75 Å². The van der Waals surface area contributed by atoms with E-state index >= 15 is 0 Å². The number of likely N-dealkylation sites (N-methyl/N-ethyl adjacent to an activating group) is 1. The minimum absolute atomic E-state index is 0.0562. The molecule has 1 aliphatic heterocycles. The second kappa shape index (κ2) is 15.5. The molecule has 1 amide bonds. The molecule has 2 N–H and O–H groups in total. The van der Waals surface area contributed by atoms with Crippen LogP contribution in [0.5, 0.6) is 5.75 Å². The fourth-order valence-corrected chi connectivity index (χ4v) is 9.19. The van der Waals surface area contributed by atoms with Gasteiger partial charge in [-0.15, -0.1) is 11.3 Å². The Kier molecular flexibility index (Phi) is 12.1. The third kappa shape index (κ3) is 8.72. The summed E-state index contributed by atoms with van der Waals surface area (Å²) in [5.74, 6) is -0.447. The first-order chi connectivity index (χ1) is 22.1. The molecule has 0 saturated carbocycles. The van der Waals surface area contributed by atoms with Crippen molar-refractivity contribution in [3.63, 3.8) is 0 Å². The molecule has 13 nitrogen and oxygen atoms in total. The Morgan fingerprint density at radius 1 is 1.17 bits per heavy atom. The van der Waals surface area contributed by atoms with Crippen molar-refractivity contribution < 1.29 is 40.7 Å². The number of aryl methyl sites for hydroxylation is 2. The van der Waals surface area contributed by atoms with Gasteiger partial charge in [0.25, 0.3) is 26.0 Å². The predicted molar refractivity (Wildman–Crippen MR) is 178 cm³/mol. The number of ether oxygens (including phenoxy) is 2. The first-order valence-electron chi connectivity index (χ1n) is 15.4. The van der Waals surface area contributed by atoms with Crippen LogP contribution in [0.3, 0.4) is 0 Å². The summed E-state index contributed by atoms with van der Waals surface area (Å²) in [7, 11) is -6.34. The van der Waals surface area contributed by atoms with E-state index in [0.29, 0.717) is 19.4 Å². The SMILES string of the molecule is Cc1noc(C)c1S(=O)(=O)Nc1ccc2c(c1)C(=O)N([C@@H](C)CO)C[C@@H](C)[C@@H](CN(C)S(=O)(=O)c1cccs1)OCCCC[C@H](C)O2. The Morgan fingerprint density at radius 2 is 1.91 bits per heavy atom. The van der Waals surface area contributed by atoms with Crippen molar-refractivity contribution in [2.24, 2.45) is 5.92 Å². The molecule has 47 heavy (non-hydrogen) atoms. The maximum Gasteiger partial charge on any atom is 0.267 e. The van der Waals surface area contributed by atoms with Gasteiger partial charge in [0.15, 0.2) is 10.7 Å². The maximum absolute atomic E-state index is 14.3. The van der Waals surface area contributed by atoms with Crippen LogP contribution in [-0.2, 0) is 24.8 Å². The number of carbonyl (C=O) groups excluding carboxylic acids is 1. The van der Waals surface area contributed by atoms with E-state index in [1.165, 1.54) is 42.2 Å². The van der Waals surface area contributed by atoms with Crippen LogP contribution in [0.1, 0.15) is 61.8 Å². The zero-order chi connectivity index (χ0) is 34.5. The van der Waals surface area contributed by atoms with Crippen LogP contribution in [0.4, 0.5) is 5.69 Å². The molecule has 0 aliphatic carbocycles. The van der Waals surface area contributed by atoms with Crippen molar-refractivity contribution in [1.82, 2.24) is 14.4 Å². The number of hydrogen-bond donors (Lipinski definition) is 2. The van der Waals surface area contributed by atoms with Gasteiger partial charge in [-0.25, -0.2) is 16.8 Å². The zero-order valence-corrected chi connectivity index (χ0v) is 30.0. The number of thiophene rings is 1. The van der Waals surface area contributed by atoms with Crippen LogP contribution in [0.2, 0.25) is 0 Å². The third-order valence-electron chi connectivity index (χ3n) is 8.14. The van der Waals surface area contributed by atoms with Crippen molar-refractivity contribution in [1.29, 1.82) is 0 Å². The molecule has 16 heteroatoms. The minimum atomic E-state index is -4.11. The second-order valence-corrected chi connectivity index (χ2v) is 16.8. The highest BCUT2D eigenvalue weighted by Gasteiger charge is 2.33. The normalized spacial score (nSPS) is 21.1. The maximum atomic E-state index is 14.3. The molecule has 260 valence electrons. The molecule has 4 rings (SSSR count). The number of benzene rings is 1. The predicted octanol–water partition coefficient (Wildman–Crippen LogP) is 4.27. The molecule has 0 fully saturated rings. The number of fused-ring (bicyclic) bond motifs is 1. The van der Waals surface area contributed by atoms with Crippen LogP contribution in [0.15, 0.2) is 49.3 Å². The largest absolute Gasteiger partial charge is 0.490 e. The van der Waals surface area contributed by atoms with Gasteiger partial charge in [-0.3, -0.25) is 9.52 Å². The molecule has 0 radical (unpaired) electrons. The van der Waals surface area contributed by atoms with Crippen LogP contribution in [0.25, 0.3) is 0 Å². The number of sulfonamides is 2. The molecule has 4 atom stereocenters. The van der Waals surface area contributed by atoms with E-state index in [-0.39, 0.29) is 69.3 Å². The van der Waals surface area contributed by atoms with Gasteiger partial charge in [0.05, 0.1) is 30.4 Å². The number of aliphatic hydroxyl groups excluding tert-OH is 1. The van der Waals surface area contributed by atoms with E-state index in [4.69, 9.17) is 14.0 Å². The molecule has 3 aromatic rings. The molecular weight excluding hydrogens is 669 g/mol. The van der Waals surface area contributed by atoms with Crippen molar-refractivity contribution in [2.45, 2.75) is 81.2 Å². The lowest BCUT2D eigenvalue weighted by Crippen LogP contribution is -2.48. The van der Waals surface area contributed by atoms with Crippen molar-refractivity contribution in [3.05, 3.63) is 52.7 Å². The lowest BCUT2D eigenvalue weighted by atomic mass is 10.0. The summed E-state index contributed by atoms with van der Waals surface area (Å²) >= 11 is 1.14. The van der Waals surface area contributed by atoms with Gasteiger partial charge in [0.2, 0.25) is 0 Å². The minimum Gasteiger partial charge on any atom is -0.490 e. The van der Waals surface area contributed by atoms with Gasteiger partial charge in [-0.1, -0.05) is 18.1 Å². The average Bonchev–Trinajstić information content (AvgIpc) is 3.69. The third-order valence-corrected chi connectivity index (χ3v) is 13.0. The Morgan fingerprint density at radius 3 is 2.55 bits per heavy atom. The van der Waals surface area contributed by atoms with Crippen LogP contribution in [-0.4, -0.2) is 93.8 Å². The van der Waals surface area contributed by atoms with Crippen LogP contribution in [0, 0.1) is 19.8 Å². The number of amides is 1. The van der Waals surface area contributed by atoms with E-state index in [1.807, 2.05) is 13.8 Å². The quantitative estimate of drug-likeness (QED) is 0.327. The number of nitrogens with zero attached hydrogens (tertiary/aromatic N) is 3. The standard InChI is InChI=1S/C31H44N4O9S3/c1-20-17-35(21(2)19-36)31(37)26-16-25(33-46(38,39)30-23(4)32-44-24(30)5)12-13-27(26)43-22(3)10-7-8-14-42-28(20)18-34(6)47(40,41)29-11-9-15-45-29/h9,11-13,15-16,20-22,28,33,36H,7-8,10,14,17-19H2,1-6H3/t20-,21+,22+,28-/m1/s1. The van der Waals surface area contributed by atoms with Gasteiger partial charge in [-0.05, 0) is 76.6 Å².